The van der Waals surface area contributed by atoms with E-state index in [2.05, 4.69) is 11.9 Å². The van der Waals surface area contributed by atoms with Crippen LogP contribution in [-0.4, -0.2) is 16.6 Å². The van der Waals surface area contributed by atoms with Crippen molar-refractivity contribution in [1.29, 1.82) is 0 Å². The molecule has 0 fully saturated rings. The number of nitrogens with one attached hydrogen (secondary N) is 1. The monoisotopic (exact) mass is 335 g/mol. The Morgan fingerprint density at radius 2 is 1.48 bits per heavy atom. The normalized spacial score (nSPS) is 14.0. The molecule has 0 bridgehead atoms. The molecule has 1 aromatic rings. The molecule has 5 heteroatoms. The minimum Gasteiger partial charge on any atom is -0.309 e. The topological polar surface area (TPSA) is 67.0 Å². The van der Waals surface area contributed by atoms with Crippen LogP contribution in [0.2, 0.25) is 0 Å². The lowest BCUT2D eigenvalue weighted by molar-refractivity contribution is -0.112. The molecule has 0 aliphatic heterocycles. The van der Waals surface area contributed by atoms with E-state index in [-0.39, 0.29) is 10.6 Å². The molecule has 0 unspecified atom stereocenters. The lowest BCUT2D eigenvalue weighted by atomic mass is 9.94. The van der Waals surface area contributed by atoms with Crippen molar-refractivity contribution >= 4 is 29.0 Å². The van der Waals surface area contributed by atoms with E-state index in [0.717, 1.165) is 24.2 Å². The van der Waals surface area contributed by atoms with Gasteiger partial charge in [-0.1, -0.05) is 69.6 Å². The molecule has 4 nitrogen and oxygen atoms in total. The first kappa shape index (κ1) is 17.9. The summed E-state index contributed by atoms with van der Waals surface area (Å²) < 4.78 is 0. The molecule has 0 aromatic carbocycles. The second-order valence-corrected chi connectivity index (χ2v) is 7.17. The lowest BCUT2D eigenvalue weighted by Gasteiger charge is -2.10. The number of thiazole rings is 1. The number of aromatic nitrogens is 1. The van der Waals surface area contributed by atoms with Gasteiger partial charge in [-0.15, -0.1) is 0 Å². The summed E-state index contributed by atoms with van der Waals surface area (Å²) >= 11 is 0.996. The number of H-pyrrole nitrogens is 1. The van der Waals surface area contributed by atoms with E-state index < -0.39 is 11.6 Å². The number of carbonyl (C=O) groups excluding carboxylic acids is 2. The predicted octanol–water partition coefficient (Wildman–Crippen LogP) is 4.51. The van der Waals surface area contributed by atoms with Gasteiger partial charge in [0.25, 0.3) is 5.78 Å². The first-order valence-corrected chi connectivity index (χ1v) is 9.48. The van der Waals surface area contributed by atoms with Crippen LogP contribution in [0.4, 0.5) is 0 Å². The van der Waals surface area contributed by atoms with Crippen molar-refractivity contribution in [3.8, 4) is 0 Å². The van der Waals surface area contributed by atoms with Crippen LogP contribution in [-0.2, 0) is 4.79 Å². The summed E-state index contributed by atoms with van der Waals surface area (Å²) in [5, 5.41) is 0. The van der Waals surface area contributed by atoms with Gasteiger partial charge in [0.2, 0.25) is 5.78 Å². The zero-order chi connectivity index (χ0) is 16.7. The fourth-order valence-corrected chi connectivity index (χ4v) is 3.71. The Morgan fingerprint density at radius 1 is 0.870 bits per heavy atom. The number of carbonyl (C=O) groups is 2. The molecule has 1 N–H and O–H groups in total. The smallest absolute Gasteiger partial charge is 0.305 e. The predicted molar refractivity (Wildman–Crippen MR) is 94.1 cm³/mol. The van der Waals surface area contributed by atoms with Gasteiger partial charge >= 0.3 is 4.87 Å². The third-order valence-corrected chi connectivity index (χ3v) is 5.09. The molecule has 126 valence electrons. The van der Waals surface area contributed by atoms with E-state index in [1.807, 2.05) is 0 Å². The Morgan fingerprint density at radius 3 is 2.13 bits per heavy atom. The number of aromatic amines is 1. The second kappa shape index (κ2) is 8.96. The van der Waals surface area contributed by atoms with Crippen molar-refractivity contribution in [2.75, 3.05) is 0 Å². The highest BCUT2D eigenvalue weighted by Crippen LogP contribution is 2.25. The summed E-state index contributed by atoms with van der Waals surface area (Å²) in [7, 11) is 0. The summed E-state index contributed by atoms with van der Waals surface area (Å²) in [6, 6.07) is 0. The van der Waals surface area contributed by atoms with Crippen LogP contribution < -0.4 is 4.87 Å². The number of allylic oxidation sites excluding steroid dienone is 1. The maximum absolute atomic E-state index is 12.0. The number of hydrogen-bond donors (Lipinski definition) is 1. The van der Waals surface area contributed by atoms with Crippen LogP contribution in [0.15, 0.2) is 10.4 Å². The maximum atomic E-state index is 12.0. The van der Waals surface area contributed by atoms with Crippen molar-refractivity contribution < 1.29 is 9.59 Å². The van der Waals surface area contributed by atoms with E-state index in [0.29, 0.717) is 16.9 Å². The second-order valence-electron chi connectivity index (χ2n) is 6.16. The molecule has 0 saturated heterocycles. The van der Waals surface area contributed by atoms with Crippen molar-refractivity contribution in [3.05, 3.63) is 25.8 Å². The largest absolute Gasteiger partial charge is 0.309 e. The number of rotatable bonds is 10. The molecule has 0 amide bonds. The third-order valence-electron chi connectivity index (χ3n) is 4.26. The van der Waals surface area contributed by atoms with Gasteiger partial charge < -0.3 is 4.98 Å². The molecule has 1 aromatic heterocycles. The van der Waals surface area contributed by atoms with E-state index >= 15 is 0 Å². The quantitative estimate of drug-likeness (QED) is 0.505. The van der Waals surface area contributed by atoms with Gasteiger partial charge in [-0.25, -0.2) is 0 Å². The van der Waals surface area contributed by atoms with Crippen LogP contribution in [0.1, 0.15) is 86.5 Å². The molecule has 1 heterocycles. The molecule has 1 aliphatic rings. The first-order chi connectivity index (χ1) is 11.1. The summed E-state index contributed by atoms with van der Waals surface area (Å²) in [6.45, 7) is 2.22. The van der Waals surface area contributed by atoms with E-state index in [9.17, 15) is 14.4 Å². The van der Waals surface area contributed by atoms with Gasteiger partial charge in [0.15, 0.2) is 0 Å². The summed E-state index contributed by atoms with van der Waals surface area (Å²) in [5.74, 6) is -1.02. The Hall–Kier alpha value is -1.49. The van der Waals surface area contributed by atoms with E-state index in [4.69, 9.17) is 0 Å². The number of fused-ring (bicyclic) bond motifs is 1. The van der Waals surface area contributed by atoms with Crippen LogP contribution in [0.3, 0.4) is 0 Å². The summed E-state index contributed by atoms with van der Waals surface area (Å²) in [5.41, 5.74) is 0.724. The highest BCUT2D eigenvalue weighted by Gasteiger charge is 2.29. The van der Waals surface area contributed by atoms with Gasteiger partial charge in [-0.2, -0.15) is 0 Å². The Labute approximate surface area is 141 Å². The van der Waals surface area contributed by atoms with E-state index in [1.165, 1.54) is 44.9 Å². The Bertz CT molecular complexity index is 639. The van der Waals surface area contributed by atoms with Crippen LogP contribution in [0.25, 0.3) is 6.08 Å². The van der Waals surface area contributed by atoms with Crippen LogP contribution in [0.5, 0.6) is 0 Å². The molecule has 0 spiro atoms. The number of unbranched alkanes of at least 4 members (excludes halogenated alkanes) is 8. The fourth-order valence-electron chi connectivity index (χ4n) is 2.91. The van der Waals surface area contributed by atoms with Gasteiger partial charge in [-0.3, -0.25) is 14.4 Å². The van der Waals surface area contributed by atoms with Crippen LogP contribution in [0, 0.1) is 0 Å². The van der Waals surface area contributed by atoms with Gasteiger partial charge in [0, 0.05) is 5.57 Å². The van der Waals surface area contributed by atoms with Crippen molar-refractivity contribution in [2.45, 2.75) is 71.1 Å². The number of ketones is 2. The lowest BCUT2D eigenvalue weighted by Crippen LogP contribution is -2.21. The van der Waals surface area contributed by atoms with Crippen LogP contribution >= 0.6 is 11.3 Å². The number of hydrogen-bond acceptors (Lipinski definition) is 4. The Kier molecular flexibility index (Phi) is 6.96. The van der Waals surface area contributed by atoms with Crippen molar-refractivity contribution in [3.63, 3.8) is 0 Å². The molecule has 0 atom stereocenters. The molecule has 23 heavy (non-hydrogen) atoms. The minimum absolute atomic E-state index is 0.167. The molecule has 1 aliphatic carbocycles. The highest BCUT2D eigenvalue weighted by atomic mass is 32.1. The zero-order valence-corrected chi connectivity index (χ0v) is 14.6. The standard InChI is InChI=1S/C18H25NO3S/c1-2-3-4-5-6-7-8-9-10-11-13-12-14-15(17(21)16(13)20)19-18(22)23-14/h12H,2-11H2,1H3,(H,19,22). The Balaban J connectivity index is 1.72. The highest BCUT2D eigenvalue weighted by molar-refractivity contribution is 7.10. The molecule has 0 saturated carbocycles. The van der Waals surface area contributed by atoms with Gasteiger partial charge in [0.1, 0.15) is 5.69 Å². The average Bonchev–Trinajstić information content (AvgIpc) is 2.91. The average molecular weight is 335 g/mol. The SMILES string of the molecule is CCCCCCCCCCCC1=Cc2sc(=O)[nH]c2C(=O)C1=O. The number of Topliss-reactive ketones (excluding diaryl/α,β-unsaturated/α-hetero) is 2. The molecular formula is C18H25NO3S. The maximum Gasteiger partial charge on any atom is 0.305 e. The fraction of sp³-hybridized carbons (Fsp3) is 0.611. The zero-order valence-electron chi connectivity index (χ0n) is 13.8. The van der Waals surface area contributed by atoms with Crippen molar-refractivity contribution in [1.82, 2.24) is 4.98 Å². The van der Waals surface area contributed by atoms with Gasteiger partial charge in [-0.05, 0) is 18.9 Å². The van der Waals surface area contributed by atoms with Gasteiger partial charge in [0.05, 0.1) is 4.88 Å². The molecule has 0 radical (unpaired) electrons. The molecule has 2 rings (SSSR count). The summed E-state index contributed by atoms with van der Waals surface area (Å²) in [4.78, 5) is 38.1. The third kappa shape index (κ3) is 4.99. The van der Waals surface area contributed by atoms with E-state index in [1.54, 1.807) is 6.08 Å². The first-order valence-electron chi connectivity index (χ1n) is 8.66. The molecular weight excluding hydrogens is 310 g/mol. The minimum atomic E-state index is -0.563. The summed E-state index contributed by atoms with van der Waals surface area (Å²) in [6.07, 6.45) is 13.3. The van der Waals surface area contributed by atoms with Crippen molar-refractivity contribution in [2.24, 2.45) is 0 Å².